The van der Waals surface area contributed by atoms with E-state index in [-0.39, 0.29) is 11.4 Å². The molecule has 0 saturated heterocycles. The molecule has 0 aliphatic carbocycles. The first-order chi connectivity index (χ1) is 12.0. The Balaban J connectivity index is 1.99. The molecular formula is C16H13N3O5S. The van der Waals surface area contributed by atoms with Gasteiger partial charge in [-0.25, -0.2) is 9.97 Å². The second kappa shape index (κ2) is 6.73. The first kappa shape index (κ1) is 16.7. The van der Waals surface area contributed by atoms with Crippen LogP contribution in [0.4, 0.5) is 0 Å². The zero-order chi connectivity index (χ0) is 18.0. The van der Waals surface area contributed by atoms with Crippen LogP contribution in [0.2, 0.25) is 0 Å². The molecule has 0 atom stereocenters. The van der Waals surface area contributed by atoms with Crippen LogP contribution in [-0.2, 0) is 4.79 Å². The van der Waals surface area contributed by atoms with Gasteiger partial charge in [-0.1, -0.05) is 12.1 Å². The van der Waals surface area contributed by atoms with Crippen LogP contribution in [0, 0.1) is 0 Å². The third kappa shape index (κ3) is 3.36. The number of aliphatic carboxylic acids is 1. The van der Waals surface area contributed by atoms with Crippen molar-refractivity contribution in [2.45, 2.75) is 0 Å². The number of benzene rings is 1. The van der Waals surface area contributed by atoms with E-state index < -0.39 is 18.4 Å². The third-order valence-corrected chi connectivity index (χ3v) is 4.47. The number of hydrogen-bond donors (Lipinski definition) is 3. The maximum absolute atomic E-state index is 11.9. The minimum Gasteiger partial charge on any atom is -0.504 e. The molecule has 3 N–H and O–H groups in total. The molecule has 1 aromatic carbocycles. The molecule has 0 unspecified atom stereocenters. The van der Waals surface area contributed by atoms with E-state index >= 15 is 0 Å². The van der Waals surface area contributed by atoms with Gasteiger partial charge in [0, 0.05) is 5.56 Å². The third-order valence-electron chi connectivity index (χ3n) is 3.34. The average molecular weight is 359 g/mol. The number of hydrogen-bond acceptors (Lipinski definition) is 7. The van der Waals surface area contributed by atoms with Crippen LogP contribution < -0.4 is 10.1 Å². The number of pyridine rings is 1. The second-order valence-corrected chi connectivity index (χ2v) is 6.00. The van der Waals surface area contributed by atoms with E-state index in [1.54, 1.807) is 13.2 Å². The molecular weight excluding hydrogens is 346 g/mol. The van der Waals surface area contributed by atoms with Gasteiger partial charge in [-0.15, -0.1) is 11.3 Å². The van der Waals surface area contributed by atoms with Crippen molar-refractivity contribution in [3.63, 3.8) is 0 Å². The molecule has 2 heterocycles. The number of thiazole rings is 1. The highest BCUT2D eigenvalue weighted by Gasteiger charge is 2.19. The maximum atomic E-state index is 11.9. The molecule has 0 aliphatic heterocycles. The smallest absolute Gasteiger partial charge is 0.322 e. The number of nitrogens with zero attached hydrogens (tertiary/aromatic N) is 2. The van der Waals surface area contributed by atoms with Crippen molar-refractivity contribution in [3.8, 4) is 22.1 Å². The zero-order valence-corrected chi connectivity index (χ0v) is 13.8. The van der Waals surface area contributed by atoms with Crippen molar-refractivity contribution in [2.75, 3.05) is 13.7 Å². The highest BCUT2D eigenvalue weighted by molar-refractivity contribution is 7.22. The molecule has 0 bridgehead atoms. The highest BCUT2D eigenvalue weighted by Crippen LogP contribution is 2.37. The van der Waals surface area contributed by atoms with E-state index in [0.29, 0.717) is 21.0 Å². The average Bonchev–Trinajstić information content (AvgIpc) is 3.05. The van der Waals surface area contributed by atoms with Crippen LogP contribution >= 0.6 is 11.3 Å². The number of ether oxygens (including phenoxy) is 1. The van der Waals surface area contributed by atoms with Gasteiger partial charge in [0.2, 0.25) is 0 Å². The minimum atomic E-state index is -1.19. The van der Waals surface area contributed by atoms with Gasteiger partial charge in [0.25, 0.3) is 5.91 Å². The van der Waals surface area contributed by atoms with Gasteiger partial charge in [0.05, 0.1) is 13.3 Å². The van der Waals surface area contributed by atoms with Crippen molar-refractivity contribution in [1.29, 1.82) is 0 Å². The van der Waals surface area contributed by atoms with Crippen LogP contribution in [0.25, 0.3) is 20.8 Å². The Morgan fingerprint density at radius 3 is 2.88 bits per heavy atom. The predicted octanol–water partition coefficient (Wildman–Crippen LogP) is 1.89. The Morgan fingerprint density at radius 2 is 2.16 bits per heavy atom. The Bertz CT molecular complexity index is 970. The van der Waals surface area contributed by atoms with Crippen molar-refractivity contribution in [1.82, 2.24) is 15.3 Å². The van der Waals surface area contributed by atoms with Gasteiger partial charge in [-0.05, 0) is 12.1 Å². The highest BCUT2D eigenvalue weighted by atomic mass is 32.1. The van der Waals surface area contributed by atoms with Crippen LogP contribution in [0.5, 0.6) is 11.5 Å². The molecule has 0 aliphatic rings. The Kier molecular flexibility index (Phi) is 4.48. The summed E-state index contributed by atoms with van der Waals surface area (Å²) in [5.41, 5.74) is 1.00. The number of fused-ring (bicyclic) bond motifs is 1. The van der Waals surface area contributed by atoms with E-state index in [9.17, 15) is 14.7 Å². The van der Waals surface area contributed by atoms with Gasteiger partial charge in [-0.2, -0.15) is 0 Å². The van der Waals surface area contributed by atoms with Crippen molar-refractivity contribution in [3.05, 3.63) is 36.2 Å². The molecule has 3 aromatic rings. The standard InChI is InChI=1S/C16H13N3O5S/c1-24-9-4-2-3-8(5-9)16-19-10-6-17-12(13(22)14(10)25-16)15(23)18-7-11(20)21/h2-6,22H,7H2,1H3,(H,18,23)(H,20,21). The molecule has 1 amide bonds. The number of methoxy groups -OCH3 is 1. The number of nitrogens with one attached hydrogen (secondary N) is 1. The number of carbonyl (C=O) groups excluding carboxylic acids is 1. The monoisotopic (exact) mass is 359 g/mol. The maximum Gasteiger partial charge on any atom is 0.322 e. The molecule has 0 spiro atoms. The summed E-state index contributed by atoms with van der Waals surface area (Å²) in [5.74, 6) is -1.61. The molecule has 0 radical (unpaired) electrons. The summed E-state index contributed by atoms with van der Waals surface area (Å²) in [4.78, 5) is 30.8. The van der Waals surface area contributed by atoms with E-state index in [2.05, 4.69) is 15.3 Å². The Labute approximate surface area is 145 Å². The summed E-state index contributed by atoms with van der Waals surface area (Å²) >= 11 is 1.20. The van der Waals surface area contributed by atoms with Crippen LogP contribution in [0.3, 0.4) is 0 Å². The number of rotatable bonds is 5. The van der Waals surface area contributed by atoms with Gasteiger partial charge in [-0.3, -0.25) is 9.59 Å². The molecule has 25 heavy (non-hydrogen) atoms. The molecule has 128 valence electrons. The minimum absolute atomic E-state index is 0.241. The lowest BCUT2D eigenvalue weighted by molar-refractivity contribution is -0.135. The topological polar surface area (TPSA) is 122 Å². The van der Waals surface area contributed by atoms with Crippen LogP contribution in [0.1, 0.15) is 10.5 Å². The lowest BCUT2D eigenvalue weighted by atomic mass is 10.2. The zero-order valence-electron chi connectivity index (χ0n) is 13.0. The number of carboxylic acids is 1. The van der Waals surface area contributed by atoms with E-state index in [0.717, 1.165) is 5.56 Å². The molecule has 3 rings (SSSR count). The summed E-state index contributed by atoms with van der Waals surface area (Å²) in [6.07, 6.45) is 1.37. The molecule has 8 nitrogen and oxygen atoms in total. The lowest BCUT2D eigenvalue weighted by Gasteiger charge is -2.03. The number of amides is 1. The van der Waals surface area contributed by atoms with Crippen molar-refractivity contribution < 1.29 is 24.5 Å². The summed E-state index contributed by atoms with van der Waals surface area (Å²) in [5, 5.41) is 21.7. The van der Waals surface area contributed by atoms with Gasteiger partial charge < -0.3 is 20.3 Å². The fourth-order valence-electron chi connectivity index (χ4n) is 2.17. The Morgan fingerprint density at radius 1 is 1.36 bits per heavy atom. The summed E-state index contributed by atoms with van der Waals surface area (Å²) in [7, 11) is 1.56. The largest absolute Gasteiger partial charge is 0.504 e. The van der Waals surface area contributed by atoms with Crippen molar-refractivity contribution in [2.24, 2.45) is 0 Å². The number of aromatic hydroxyl groups is 1. The quantitative estimate of drug-likeness (QED) is 0.636. The Hall–Kier alpha value is -3.20. The van der Waals surface area contributed by atoms with Gasteiger partial charge >= 0.3 is 5.97 Å². The van der Waals surface area contributed by atoms with Gasteiger partial charge in [0.1, 0.15) is 27.5 Å². The fourth-order valence-corrected chi connectivity index (χ4v) is 3.15. The van der Waals surface area contributed by atoms with Crippen molar-refractivity contribution >= 4 is 33.4 Å². The summed E-state index contributed by atoms with van der Waals surface area (Å²) < 4.78 is 5.58. The fraction of sp³-hybridized carbons (Fsp3) is 0.125. The number of carbonyl (C=O) groups is 2. The molecule has 2 aromatic heterocycles. The van der Waals surface area contributed by atoms with Crippen LogP contribution in [-0.4, -0.2) is 45.7 Å². The predicted molar refractivity (Wildman–Crippen MR) is 91.0 cm³/mol. The molecule has 0 fully saturated rings. The van der Waals surface area contributed by atoms with E-state index in [1.165, 1.54) is 17.5 Å². The van der Waals surface area contributed by atoms with Crippen LogP contribution in [0.15, 0.2) is 30.5 Å². The van der Waals surface area contributed by atoms with Gasteiger partial charge in [0.15, 0.2) is 11.4 Å². The normalized spacial score (nSPS) is 10.6. The number of aromatic nitrogens is 2. The number of carboxylic acid groups (broad SMARTS) is 1. The first-order valence-electron chi connectivity index (χ1n) is 7.12. The summed E-state index contributed by atoms with van der Waals surface area (Å²) in [6, 6.07) is 7.29. The molecule has 9 heteroatoms. The second-order valence-electron chi connectivity index (χ2n) is 5.00. The summed E-state index contributed by atoms with van der Waals surface area (Å²) in [6.45, 7) is -0.560. The lowest BCUT2D eigenvalue weighted by Crippen LogP contribution is -2.29. The molecule has 0 saturated carbocycles. The first-order valence-corrected chi connectivity index (χ1v) is 7.94. The van der Waals surface area contributed by atoms with E-state index in [1.807, 2.05) is 18.2 Å². The van der Waals surface area contributed by atoms with E-state index in [4.69, 9.17) is 9.84 Å². The SMILES string of the molecule is COc1cccc(-c2nc3cnc(C(=O)NCC(=O)O)c(O)c3s2)c1.